The lowest BCUT2D eigenvalue weighted by atomic mass is 10.2. The normalized spacial score (nSPS) is 10.6. The highest BCUT2D eigenvalue weighted by Crippen LogP contribution is 2.26. The van der Waals surface area contributed by atoms with Crippen molar-refractivity contribution >= 4 is 18.5 Å². The van der Waals surface area contributed by atoms with E-state index in [2.05, 4.69) is 39.2 Å². The second-order valence-electron chi connectivity index (χ2n) is 6.33. The fourth-order valence-corrected chi connectivity index (χ4v) is 3.09. The summed E-state index contributed by atoms with van der Waals surface area (Å²) in [5.74, 6) is 2.14. The fraction of sp³-hybridized carbons (Fsp3) is 0.0909. The number of ether oxygens (including phenoxy) is 1. The van der Waals surface area contributed by atoms with E-state index in [1.54, 1.807) is 13.3 Å². The number of hydrogen-bond donors (Lipinski definition) is 2. The predicted octanol–water partition coefficient (Wildman–Crippen LogP) is 4.61. The molecule has 0 radical (unpaired) electrons. The summed E-state index contributed by atoms with van der Waals surface area (Å²) in [7, 11) is 1.65. The van der Waals surface area contributed by atoms with Gasteiger partial charge in [-0.2, -0.15) is 0 Å². The molecular weight excluding hydrogens is 370 g/mol. The smallest absolute Gasteiger partial charge is 0.227 e. The van der Waals surface area contributed by atoms with Crippen LogP contribution in [0.1, 0.15) is 5.56 Å². The van der Waals surface area contributed by atoms with Gasteiger partial charge in [0.05, 0.1) is 13.3 Å². The SMILES string of the molecule is COc1ccc(-c2cnc(-c3cc[n+](Cc4cccc(NS)c4)cc3)o2)cc1. The van der Waals surface area contributed by atoms with Crippen molar-refractivity contribution in [1.29, 1.82) is 0 Å². The Bertz CT molecular complexity index is 1060. The van der Waals surface area contributed by atoms with Gasteiger partial charge < -0.3 is 13.9 Å². The Labute approximate surface area is 169 Å². The van der Waals surface area contributed by atoms with E-state index >= 15 is 0 Å². The molecule has 0 aliphatic heterocycles. The minimum atomic E-state index is 0.597. The minimum Gasteiger partial charge on any atom is -0.497 e. The molecule has 2 heterocycles. The third kappa shape index (κ3) is 4.02. The Balaban J connectivity index is 1.50. The first-order valence-corrected chi connectivity index (χ1v) is 9.28. The van der Waals surface area contributed by atoms with E-state index in [9.17, 15) is 0 Å². The van der Waals surface area contributed by atoms with Crippen LogP contribution in [0.2, 0.25) is 0 Å². The molecule has 0 atom stereocenters. The van der Waals surface area contributed by atoms with Gasteiger partial charge in [-0.3, -0.25) is 0 Å². The number of thiol groups is 1. The molecule has 0 unspecified atom stereocenters. The largest absolute Gasteiger partial charge is 0.497 e. The maximum atomic E-state index is 5.94. The maximum Gasteiger partial charge on any atom is 0.227 e. The van der Waals surface area contributed by atoms with E-state index in [4.69, 9.17) is 9.15 Å². The van der Waals surface area contributed by atoms with Crippen LogP contribution in [0, 0.1) is 0 Å². The molecule has 0 aliphatic rings. The van der Waals surface area contributed by atoms with Crippen LogP contribution < -0.4 is 14.0 Å². The van der Waals surface area contributed by atoms with Crippen LogP contribution in [-0.4, -0.2) is 12.1 Å². The van der Waals surface area contributed by atoms with E-state index in [0.29, 0.717) is 5.89 Å². The molecule has 1 N–H and O–H groups in total. The maximum absolute atomic E-state index is 5.94. The zero-order chi connectivity index (χ0) is 19.3. The van der Waals surface area contributed by atoms with Crippen molar-refractivity contribution in [2.24, 2.45) is 0 Å². The zero-order valence-electron chi connectivity index (χ0n) is 15.4. The van der Waals surface area contributed by atoms with Gasteiger partial charge in [-0.15, -0.1) is 0 Å². The average molecular weight is 390 g/mol. The van der Waals surface area contributed by atoms with Gasteiger partial charge in [0.2, 0.25) is 5.89 Å². The second kappa shape index (κ2) is 8.19. The van der Waals surface area contributed by atoms with Gasteiger partial charge in [-0.25, -0.2) is 9.55 Å². The zero-order valence-corrected chi connectivity index (χ0v) is 16.3. The lowest BCUT2D eigenvalue weighted by molar-refractivity contribution is -0.688. The fourth-order valence-electron chi connectivity index (χ4n) is 2.95. The topological polar surface area (TPSA) is 51.2 Å². The molecule has 28 heavy (non-hydrogen) atoms. The summed E-state index contributed by atoms with van der Waals surface area (Å²) in [5, 5.41) is 0. The summed E-state index contributed by atoms with van der Waals surface area (Å²) < 4.78 is 16.1. The molecule has 0 amide bonds. The van der Waals surface area contributed by atoms with Gasteiger partial charge in [0, 0.05) is 34.5 Å². The van der Waals surface area contributed by atoms with Crippen molar-refractivity contribution in [2.45, 2.75) is 6.54 Å². The molecule has 4 aromatic rings. The van der Waals surface area contributed by atoms with Crippen LogP contribution in [-0.2, 0) is 6.54 Å². The van der Waals surface area contributed by atoms with Gasteiger partial charge in [-0.1, -0.05) is 24.9 Å². The summed E-state index contributed by atoms with van der Waals surface area (Å²) >= 11 is 4.10. The molecule has 0 saturated carbocycles. The van der Waals surface area contributed by atoms with Crippen LogP contribution in [0.3, 0.4) is 0 Å². The van der Waals surface area contributed by atoms with Crippen molar-refractivity contribution in [3.63, 3.8) is 0 Å². The Morgan fingerprint density at radius 1 is 1.04 bits per heavy atom. The highest BCUT2D eigenvalue weighted by molar-refractivity contribution is 7.81. The molecule has 4 rings (SSSR count). The van der Waals surface area contributed by atoms with Gasteiger partial charge in [0.15, 0.2) is 24.7 Å². The first-order valence-electron chi connectivity index (χ1n) is 8.84. The quantitative estimate of drug-likeness (QED) is 0.373. The highest BCUT2D eigenvalue weighted by Gasteiger charge is 2.11. The van der Waals surface area contributed by atoms with E-state index in [-0.39, 0.29) is 0 Å². The van der Waals surface area contributed by atoms with Crippen LogP contribution in [0.15, 0.2) is 83.7 Å². The third-order valence-corrected chi connectivity index (χ3v) is 4.70. The van der Waals surface area contributed by atoms with Gasteiger partial charge in [0.25, 0.3) is 0 Å². The minimum absolute atomic E-state index is 0.597. The highest BCUT2D eigenvalue weighted by atomic mass is 32.1. The number of nitrogens with zero attached hydrogens (tertiary/aromatic N) is 2. The molecule has 0 fully saturated rings. The first kappa shape index (κ1) is 18.1. The molecular formula is C22H20N3O2S+. The molecule has 2 aromatic carbocycles. The standard InChI is InChI=1S/C22H20N3O2S/c1-26-20-7-5-17(6-8-20)21-14-23-22(27-21)18-9-11-25(12-10-18)15-16-3-2-4-19(13-16)24-28/h2-14,24,28H,15H2,1H3/q+1. The molecule has 2 aromatic heterocycles. The molecule has 0 saturated heterocycles. The Morgan fingerprint density at radius 3 is 2.54 bits per heavy atom. The van der Waals surface area contributed by atoms with Crippen molar-refractivity contribution in [3.05, 3.63) is 84.8 Å². The predicted molar refractivity (Wildman–Crippen MR) is 112 cm³/mol. The van der Waals surface area contributed by atoms with Gasteiger partial charge in [-0.05, 0) is 36.4 Å². The molecule has 0 aliphatic carbocycles. The number of pyridine rings is 1. The number of hydrogen-bond acceptors (Lipinski definition) is 5. The number of oxazole rings is 1. The molecule has 5 nitrogen and oxygen atoms in total. The number of rotatable bonds is 6. The van der Waals surface area contributed by atoms with E-state index in [1.165, 1.54) is 5.56 Å². The Hall–Kier alpha value is -3.25. The van der Waals surface area contributed by atoms with E-state index in [1.807, 2.05) is 60.9 Å². The van der Waals surface area contributed by atoms with E-state index in [0.717, 1.165) is 34.9 Å². The summed E-state index contributed by atoms with van der Waals surface area (Å²) in [6.45, 7) is 0.770. The molecule has 0 spiro atoms. The van der Waals surface area contributed by atoms with Crippen LogP contribution in [0.4, 0.5) is 5.69 Å². The number of nitrogens with one attached hydrogen (secondary N) is 1. The van der Waals surface area contributed by atoms with Crippen LogP contribution >= 0.6 is 12.8 Å². The molecule has 140 valence electrons. The van der Waals surface area contributed by atoms with Gasteiger partial charge in [0.1, 0.15) is 5.75 Å². The third-order valence-electron chi connectivity index (χ3n) is 4.44. The van der Waals surface area contributed by atoms with Crippen molar-refractivity contribution in [2.75, 3.05) is 11.8 Å². The molecule has 0 bridgehead atoms. The Morgan fingerprint density at radius 2 is 1.82 bits per heavy atom. The second-order valence-corrected chi connectivity index (χ2v) is 6.55. The summed E-state index contributed by atoms with van der Waals surface area (Å²) in [5.41, 5.74) is 4.06. The van der Waals surface area contributed by atoms with E-state index < -0.39 is 0 Å². The number of methoxy groups -OCH3 is 1. The Kier molecular flexibility index (Phi) is 5.30. The summed E-state index contributed by atoms with van der Waals surface area (Å²) in [6.07, 6.45) is 5.79. The molecule has 6 heteroatoms. The van der Waals surface area contributed by atoms with Crippen molar-refractivity contribution in [3.8, 4) is 28.5 Å². The summed E-state index contributed by atoms with van der Waals surface area (Å²) in [4.78, 5) is 4.42. The first-order chi connectivity index (χ1) is 13.7. The van der Waals surface area contributed by atoms with Crippen LogP contribution in [0.5, 0.6) is 5.75 Å². The number of anilines is 1. The number of benzene rings is 2. The average Bonchev–Trinajstić information content (AvgIpc) is 3.25. The number of aromatic nitrogens is 2. The lowest BCUT2D eigenvalue weighted by Gasteiger charge is -2.02. The summed E-state index contributed by atoms with van der Waals surface area (Å²) in [6, 6.07) is 19.9. The van der Waals surface area contributed by atoms with Crippen molar-refractivity contribution in [1.82, 2.24) is 4.98 Å². The monoisotopic (exact) mass is 390 g/mol. The van der Waals surface area contributed by atoms with Gasteiger partial charge >= 0.3 is 0 Å². The van der Waals surface area contributed by atoms with Crippen molar-refractivity contribution < 1.29 is 13.7 Å². The lowest BCUT2D eigenvalue weighted by Crippen LogP contribution is -2.33. The van der Waals surface area contributed by atoms with Crippen LogP contribution in [0.25, 0.3) is 22.8 Å².